The van der Waals surface area contributed by atoms with Crippen molar-refractivity contribution in [3.63, 3.8) is 0 Å². The molecule has 17 heavy (non-hydrogen) atoms. The van der Waals surface area contributed by atoms with E-state index in [1.807, 2.05) is 13.8 Å². The Morgan fingerprint density at radius 1 is 1.53 bits per heavy atom. The molecule has 5 nitrogen and oxygen atoms in total. The van der Waals surface area contributed by atoms with Crippen molar-refractivity contribution in [1.82, 2.24) is 15.0 Å². The zero-order valence-electron chi connectivity index (χ0n) is 10.8. The summed E-state index contributed by atoms with van der Waals surface area (Å²) >= 11 is 0. The third kappa shape index (κ3) is 3.04. The van der Waals surface area contributed by atoms with E-state index in [9.17, 15) is 5.11 Å². The highest BCUT2D eigenvalue weighted by Gasteiger charge is 2.25. The molecule has 0 amide bonds. The van der Waals surface area contributed by atoms with Gasteiger partial charge in [0.2, 0.25) is 5.89 Å². The molecule has 2 atom stereocenters. The molecule has 96 valence electrons. The van der Waals surface area contributed by atoms with E-state index in [1.54, 1.807) is 0 Å². The monoisotopic (exact) mass is 239 g/mol. The minimum atomic E-state index is -0.236. The Morgan fingerprint density at radius 3 is 2.88 bits per heavy atom. The van der Waals surface area contributed by atoms with E-state index in [-0.39, 0.29) is 12.0 Å². The Morgan fingerprint density at radius 2 is 2.29 bits per heavy atom. The molecule has 5 heteroatoms. The van der Waals surface area contributed by atoms with Crippen molar-refractivity contribution in [2.24, 2.45) is 5.92 Å². The van der Waals surface area contributed by atoms with Gasteiger partial charge in [-0.05, 0) is 18.9 Å². The predicted octanol–water partition coefficient (Wildman–Crippen LogP) is 1.40. The lowest BCUT2D eigenvalue weighted by atomic mass is 9.96. The van der Waals surface area contributed by atoms with Crippen LogP contribution in [0, 0.1) is 5.92 Å². The molecule has 2 heterocycles. The zero-order chi connectivity index (χ0) is 12.4. The largest absolute Gasteiger partial charge is 0.392 e. The fourth-order valence-corrected chi connectivity index (χ4v) is 2.02. The van der Waals surface area contributed by atoms with Crippen molar-refractivity contribution in [1.29, 1.82) is 0 Å². The van der Waals surface area contributed by atoms with Crippen molar-refractivity contribution in [2.75, 3.05) is 13.1 Å². The summed E-state index contributed by atoms with van der Waals surface area (Å²) in [5.41, 5.74) is 0. The SMILES string of the molecule is CC(C)c1nc(CN2CCC(C)C(O)C2)no1. The molecular weight excluding hydrogens is 218 g/mol. The molecule has 1 aliphatic heterocycles. The van der Waals surface area contributed by atoms with Crippen LogP contribution < -0.4 is 0 Å². The van der Waals surface area contributed by atoms with E-state index in [0.717, 1.165) is 18.8 Å². The van der Waals surface area contributed by atoms with Gasteiger partial charge in [-0.25, -0.2) is 0 Å². The molecule has 1 N–H and O–H groups in total. The van der Waals surface area contributed by atoms with Gasteiger partial charge in [-0.15, -0.1) is 0 Å². The number of likely N-dealkylation sites (tertiary alicyclic amines) is 1. The quantitative estimate of drug-likeness (QED) is 0.863. The van der Waals surface area contributed by atoms with Crippen LogP contribution in [0.4, 0.5) is 0 Å². The number of rotatable bonds is 3. The van der Waals surface area contributed by atoms with E-state index < -0.39 is 0 Å². The number of hydrogen-bond donors (Lipinski definition) is 1. The van der Waals surface area contributed by atoms with Gasteiger partial charge < -0.3 is 9.63 Å². The summed E-state index contributed by atoms with van der Waals surface area (Å²) in [6.45, 7) is 8.51. The Kier molecular flexibility index (Phi) is 3.79. The predicted molar refractivity (Wildman–Crippen MR) is 63.5 cm³/mol. The van der Waals surface area contributed by atoms with Crippen LogP contribution in [-0.4, -0.2) is 39.3 Å². The summed E-state index contributed by atoms with van der Waals surface area (Å²) < 4.78 is 5.17. The minimum Gasteiger partial charge on any atom is -0.392 e. The Balaban J connectivity index is 1.92. The molecule has 0 radical (unpaired) electrons. The summed E-state index contributed by atoms with van der Waals surface area (Å²) in [6, 6.07) is 0. The third-order valence-electron chi connectivity index (χ3n) is 3.35. The zero-order valence-corrected chi connectivity index (χ0v) is 10.8. The van der Waals surface area contributed by atoms with E-state index in [2.05, 4.69) is 22.0 Å². The molecule has 1 aromatic heterocycles. The number of nitrogens with zero attached hydrogens (tertiary/aromatic N) is 3. The third-order valence-corrected chi connectivity index (χ3v) is 3.35. The van der Waals surface area contributed by atoms with Gasteiger partial charge in [0.1, 0.15) is 0 Å². The average Bonchev–Trinajstić information content (AvgIpc) is 2.72. The van der Waals surface area contributed by atoms with Crippen molar-refractivity contribution in [2.45, 2.75) is 45.8 Å². The van der Waals surface area contributed by atoms with Gasteiger partial charge in [0, 0.05) is 12.5 Å². The van der Waals surface area contributed by atoms with Crippen LogP contribution in [-0.2, 0) is 6.54 Å². The molecule has 1 aliphatic rings. The fourth-order valence-electron chi connectivity index (χ4n) is 2.02. The molecular formula is C12H21N3O2. The van der Waals surface area contributed by atoms with Crippen LogP contribution in [0.1, 0.15) is 44.8 Å². The standard InChI is InChI=1S/C12H21N3O2/c1-8(2)12-13-11(14-17-12)7-15-5-4-9(3)10(16)6-15/h8-10,16H,4-7H2,1-3H3. The second-order valence-electron chi connectivity index (χ2n) is 5.27. The number of aliphatic hydroxyl groups is 1. The Bertz CT molecular complexity index is 364. The van der Waals surface area contributed by atoms with Crippen LogP contribution in [0.15, 0.2) is 4.52 Å². The van der Waals surface area contributed by atoms with E-state index in [1.165, 1.54) is 0 Å². The summed E-state index contributed by atoms with van der Waals surface area (Å²) in [4.78, 5) is 6.53. The van der Waals surface area contributed by atoms with Crippen LogP contribution in [0.3, 0.4) is 0 Å². The van der Waals surface area contributed by atoms with Crippen LogP contribution in [0.2, 0.25) is 0 Å². The number of piperidine rings is 1. The first-order chi connectivity index (χ1) is 8.06. The molecule has 2 rings (SSSR count). The highest BCUT2D eigenvalue weighted by molar-refractivity contribution is 4.91. The lowest BCUT2D eigenvalue weighted by Gasteiger charge is -2.33. The van der Waals surface area contributed by atoms with Crippen LogP contribution >= 0.6 is 0 Å². The van der Waals surface area contributed by atoms with Crippen molar-refractivity contribution in [3.8, 4) is 0 Å². The van der Waals surface area contributed by atoms with Gasteiger partial charge in [0.25, 0.3) is 0 Å². The topological polar surface area (TPSA) is 62.4 Å². The van der Waals surface area contributed by atoms with Gasteiger partial charge in [-0.1, -0.05) is 25.9 Å². The van der Waals surface area contributed by atoms with Crippen LogP contribution in [0.25, 0.3) is 0 Å². The Labute approximate surface area is 102 Å². The van der Waals surface area contributed by atoms with Crippen molar-refractivity contribution < 1.29 is 9.63 Å². The molecule has 2 unspecified atom stereocenters. The smallest absolute Gasteiger partial charge is 0.229 e. The maximum Gasteiger partial charge on any atom is 0.229 e. The van der Waals surface area contributed by atoms with Gasteiger partial charge in [0.15, 0.2) is 5.82 Å². The van der Waals surface area contributed by atoms with Gasteiger partial charge in [0.05, 0.1) is 12.6 Å². The van der Waals surface area contributed by atoms with E-state index in [0.29, 0.717) is 24.9 Å². The number of β-amino-alcohol motifs (C(OH)–C–C–N with tert-alkyl or cyclic N) is 1. The lowest BCUT2D eigenvalue weighted by Crippen LogP contribution is -2.42. The summed E-state index contributed by atoms with van der Waals surface area (Å²) in [5.74, 6) is 2.06. The van der Waals surface area contributed by atoms with Gasteiger partial charge in [-0.3, -0.25) is 4.90 Å². The first kappa shape index (κ1) is 12.5. The molecule has 1 aromatic rings. The maximum absolute atomic E-state index is 9.81. The molecule has 0 bridgehead atoms. The minimum absolute atomic E-state index is 0.236. The summed E-state index contributed by atoms with van der Waals surface area (Å²) in [6.07, 6.45) is 0.788. The molecule has 1 fully saturated rings. The molecule has 0 saturated carbocycles. The molecule has 0 aromatic carbocycles. The second-order valence-corrected chi connectivity index (χ2v) is 5.27. The highest BCUT2D eigenvalue weighted by atomic mass is 16.5. The lowest BCUT2D eigenvalue weighted by molar-refractivity contribution is 0.0246. The first-order valence-electron chi connectivity index (χ1n) is 6.29. The summed E-state index contributed by atoms with van der Waals surface area (Å²) in [7, 11) is 0. The molecule has 0 spiro atoms. The summed E-state index contributed by atoms with van der Waals surface area (Å²) in [5, 5.41) is 13.8. The molecule has 0 aliphatic carbocycles. The number of hydrogen-bond acceptors (Lipinski definition) is 5. The van der Waals surface area contributed by atoms with Crippen molar-refractivity contribution >= 4 is 0 Å². The average molecular weight is 239 g/mol. The molecule has 1 saturated heterocycles. The van der Waals surface area contributed by atoms with Crippen molar-refractivity contribution in [3.05, 3.63) is 11.7 Å². The van der Waals surface area contributed by atoms with E-state index in [4.69, 9.17) is 4.52 Å². The second kappa shape index (κ2) is 5.14. The number of aromatic nitrogens is 2. The normalized spacial score (nSPS) is 26.6. The van der Waals surface area contributed by atoms with Gasteiger partial charge in [-0.2, -0.15) is 4.98 Å². The fraction of sp³-hybridized carbons (Fsp3) is 0.833. The van der Waals surface area contributed by atoms with E-state index >= 15 is 0 Å². The Hall–Kier alpha value is -0.940. The number of aliphatic hydroxyl groups excluding tert-OH is 1. The van der Waals surface area contributed by atoms with Gasteiger partial charge >= 0.3 is 0 Å². The maximum atomic E-state index is 9.81. The highest BCUT2D eigenvalue weighted by Crippen LogP contribution is 2.19. The first-order valence-corrected chi connectivity index (χ1v) is 6.29. The van der Waals surface area contributed by atoms with Crippen LogP contribution in [0.5, 0.6) is 0 Å².